The topological polar surface area (TPSA) is 90.0 Å². The number of para-hydroxylation sites is 1. The van der Waals surface area contributed by atoms with Crippen molar-refractivity contribution in [3.05, 3.63) is 101 Å². The minimum Gasteiger partial charge on any atom is -0.355 e. The van der Waals surface area contributed by atoms with E-state index in [-0.39, 0.29) is 18.9 Å². The molecule has 0 bridgehead atoms. The standard InChI is InChI=1S/C28H33ClN4O4S/c1-4-30-28(35)26(19-22-12-7-5-8-13-22)32(20-23-14-11-15-24(29)18-23)27(34)21-33(38(36,37)31(2)3)25-16-9-6-10-17-25/h5-18,26H,4,19-21H2,1-3H3,(H,30,35)/t26-/m1/s1. The van der Waals surface area contributed by atoms with E-state index in [1.54, 1.807) is 55.5 Å². The number of nitrogens with one attached hydrogen (secondary N) is 1. The highest BCUT2D eigenvalue weighted by Gasteiger charge is 2.34. The van der Waals surface area contributed by atoms with E-state index in [0.29, 0.717) is 17.3 Å². The van der Waals surface area contributed by atoms with Crippen molar-refractivity contribution in [3.63, 3.8) is 0 Å². The van der Waals surface area contributed by atoms with Gasteiger partial charge in [0.1, 0.15) is 12.6 Å². The average Bonchev–Trinajstić information content (AvgIpc) is 2.90. The normalized spacial score (nSPS) is 12.1. The van der Waals surface area contributed by atoms with Crippen molar-refractivity contribution in [2.45, 2.75) is 25.9 Å². The van der Waals surface area contributed by atoms with Gasteiger partial charge in [0.25, 0.3) is 0 Å². The summed E-state index contributed by atoms with van der Waals surface area (Å²) < 4.78 is 28.7. The Balaban J connectivity index is 2.06. The SMILES string of the molecule is CCNC(=O)[C@@H](Cc1ccccc1)N(Cc1cccc(Cl)c1)C(=O)CN(c1ccccc1)S(=O)(=O)N(C)C. The van der Waals surface area contributed by atoms with Gasteiger partial charge in [0.2, 0.25) is 11.8 Å². The number of hydrogen-bond acceptors (Lipinski definition) is 4. The number of anilines is 1. The van der Waals surface area contributed by atoms with Gasteiger partial charge in [0.15, 0.2) is 0 Å². The Morgan fingerprint density at radius 3 is 2.08 bits per heavy atom. The summed E-state index contributed by atoms with van der Waals surface area (Å²) in [6, 6.07) is 24.0. The van der Waals surface area contributed by atoms with Crippen molar-refractivity contribution in [1.29, 1.82) is 0 Å². The lowest BCUT2D eigenvalue weighted by molar-refractivity contribution is -0.140. The number of nitrogens with zero attached hydrogens (tertiary/aromatic N) is 3. The highest BCUT2D eigenvalue weighted by atomic mass is 35.5. The number of halogens is 1. The van der Waals surface area contributed by atoms with Crippen LogP contribution in [0.4, 0.5) is 5.69 Å². The largest absolute Gasteiger partial charge is 0.355 e. The second-order valence-corrected chi connectivity index (χ2v) is 11.4. The molecule has 0 aromatic heterocycles. The maximum Gasteiger partial charge on any atom is 0.304 e. The molecule has 0 spiro atoms. The predicted molar refractivity (Wildman–Crippen MR) is 151 cm³/mol. The highest BCUT2D eigenvalue weighted by Crippen LogP contribution is 2.22. The molecular weight excluding hydrogens is 524 g/mol. The van der Waals surface area contributed by atoms with Gasteiger partial charge in [-0.05, 0) is 42.3 Å². The van der Waals surface area contributed by atoms with E-state index in [1.165, 1.54) is 19.0 Å². The Labute approximate surface area is 230 Å². The van der Waals surface area contributed by atoms with Crippen LogP contribution < -0.4 is 9.62 Å². The zero-order valence-corrected chi connectivity index (χ0v) is 23.3. The molecule has 0 aliphatic heterocycles. The Hall–Kier alpha value is -3.40. The minimum absolute atomic E-state index is 0.0681. The first kappa shape index (κ1) is 29.2. The fourth-order valence-electron chi connectivity index (χ4n) is 3.99. The summed E-state index contributed by atoms with van der Waals surface area (Å²) in [4.78, 5) is 28.8. The zero-order valence-electron chi connectivity index (χ0n) is 21.7. The fraction of sp³-hybridized carbons (Fsp3) is 0.286. The number of carbonyl (C=O) groups is 2. The third kappa shape index (κ3) is 7.56. The molecule has 38 heavy (non-hydrogen) atoms. The van der Waals surface area contributed by atoms with Crippen LogP contribution in [0.1, 0.15) is 18.1 Å². The second-order valence-electron chi connectivity index (χ2n) is 8.88. The molecule has 3 aromatic carbocycles. The highest BCUT2D eigenvalue weighted by molar-refractivity contribution is 7.90. The summed E-state index contributed by atoms with van der Waals surface area (Å²) in [7, 11) is -1.20. The Morgan fingerprint density at radius 1 is 0.895 bits per heavy atom. The Morgan fingerprint density at radius 2 is 1.50 bits per heavy atom. The maximum absolute atomic E-state index is 14.0. The third-order valence-electron chi connectivity index (χ3n) is 5.93. The quantitative estimate of drug-likeness (QED) is 0.368. The number of amides is 2. The van der Waals surface area contributed by atoms with E-state index < -0.39 is 28.7 Å². The molecule has 10 heteroatoms. The molecule has 0 heterocycles. The van der Waals surface area contributed by atoms with Crippen molar-refractivity contribution >= 4 is 39.3 Å². The summed E-state index contributed by atoms with van der Waals surface area (Å²) in [5.74, 6) is -0.847. The first-order chi connectivity index (χ1) is 18.1. The summed E-state index contributed by atoms with van der Waals surface area (Å²) in [6.07, 6.45) is 0.255. The van der Waals surface area contributed by atoms with Gasteiger partial charge in [-0.2, -0.15) is 12.7 Å². The Kier molecular flexibility index (Phi) is 10.3. The number of hydrogen-bond donors (Lipinski definition) is 1. The van der Waals surface area contributed by atoms with Crippen LogP contribution in [0, 0.1) is 0 Å². The molecule has 0 aliphatic rings. The summed E-state index contributed by atoms with van der Waals surface area (Å²) >= 11 is 6.21. The third-order valence-corrected chi connectivity index (χ3v) is 7.98. The molecule has 3 aromatic rings. The van der Waals surface area contributed by atoms with Gasteiger partial charge >= 0.3 is 10.2 Å². The molecule has 0 saturated carbocycles. The van der Waals surface area contributed by atoms with Gasteiger partial charge in [-0.3, -0.25) is 9.59 Å². The lowest BCUT2D eigenvalue weighted by Gasteiger charge is -2.34. The molecule has 0 aliphatic carbocycles. The van der Waals surface area contributed by atoms with Crippen LogP contribution in [-0.2, 0) is 32.8 Å². The van der Waals surface area contributed by atoms with Gasteiger partial charge < -0.3 is 10.2 Å². The summed E-state index contributed by atoms with van der Waals surface area (Å²) in [5, 5.41) is 3.33. The van der Waals surface area contributed by atoms with E-state index in [9.17, 15) is 18.0 Å². The molecule has 0 radical (unpaired) electrons. The molecule has 2 amide bonds. The van der Waals surface area contributed by atoms with Crippen LogP contribution in [0.3, 0.4) is 0 Å². The molecule has 0 fully saturated rings. The van der Waals surface area contributed by atoms with Crippen molar-refractivity contribution in [1.82, 2.24) is 14.5 Å². The zero-order chi connectivity index (χ0) is 27.7. The predicted octanol–water partition coefficient (Wildman–Crippen LogP) is 3.73. The van der Waals surface area contributed by atoms with Crippen molar-refractivity contribution in [2.75, 3.05) is 31.5 Å². The molecule has 1 atom stereocenters. The van der Waals surface area contributed by atoms with Crippen molar-refractivity contribution in [2.24, 2.45) is 0 Å². The van der Waals surface area contributed by atoms with E-state index in [4.69, 9.17) is 11.6 Å². The van der Waals surface area contributed by atoms with E-state index in [2.05, 4.69) is 5.32 Å². The van der Waals surface area contributed by atoms with E-state index in [0.717, 1.165) is 19.7 Å². The van der Waals surface area contributed by atoms with Crippen LogP contribution in [0.5, 0.6) is 0 Å². The molecular formula is C28H33ClN4O4S. The Bertz CT molecular complexity index is 1320. The molecule has 0 unspecified atom stereocenters. The van der Waals surface area contributed by atoms with Gasteiger partial charge in [-0.1, -0.05) is 72.3 Å². The molecule has 202 valence electrons. The van der Waals surface area contributed by atoms with Gasteiger partial charge in [0, 0.05) is 38.6 Å². The van der Waals surface area contributed by atoms with Crippen LogP contribution in [0.2, 0.25) is 5.02 Å². The van der Waals surface area contributed by atoms with Crippen LogP contribution in [0.25, 0.3) is 0 Å². The van der Waals surface area contributed by atoms with Crippen LogP contribution in [-0.4, -0.2) is 62.7 Å². The lowest BCUT2D eigenvalue weighted by Crippen LogP contribution is -2.54. The lowest BCUT2D eigenvalue weighted by atomic mass is 10.0. The molecule has 3 rings (SSSR count). The first-order valence-corrected chi connectivity index (χ1v) is 14.0. The van der Waals surface area contributed by atoms with Crippen LogP contribution in [0.15, 0.2) is 84.9 Å². The number of rotatable bonds is 12. The molecule has 8 nitrogen and oxygen atoms in total. The van der Waals surface area contributed by atoms with Gasteiger partial charge in [-0.15, -0.1) is 0 Å². The van der Waals surface area contributed by atoms with E-state index >= 15 is 0 Å². The smallest absolute Gasteiger partial charge is 0.304 e. The summed E-state index contributed by atoms with van der Waals surface area (Å²) in [6.45, 7) is 1.77. The average molecular weight is 557 g/mol. The minimum atomic E-state index is -4.02. The number of likely N-dealkylation sites (N-methyl/N-ethyl adjacent to an activating group) is 1. The van der Waals surface area contributed by atoms with Gasteiger partial charge in [0.05, 0.1) is 5.69 Å². The second kappa shape index (κ2) is 13.4. The molecule has 1 N–H and O–H groups in total. The van der Waals surface area contributed by atoms with Gasteiger partial charge in [-0.25, -0.2) is 4.31 Å². The first-order valence-electron chi connectivity index (χ1n) is 12.2. The summed E-state index contributed by atoms with van der Waals surface area (Å²) in [5.41, 5.74) is 1.93. The number of benzene rings is 3. The monoisotopic (exact) mass is 556 g/mol. The van der Waals surface area contributed by atoms with Crippen LogP contribution >= 0.6 is 11.6 Å². The fourth-order valence-corrected chi connectivity index (χ4v) is 5.26. The van der Waals surface area contributed by atoms with Crippen molar-refractivity contribution < 1.29 is 18.0 Å². The molecule has 0 saturated heterocycles. The van der Waals surface area contributed by atoms with Crippen molar-refractivity contribution in [3.8, 4) is 0 Å². The number of carbonyl (C=O) groups excluding carboxylic acids is 2. The van der Waals surface area contributed by atoms with E-state index in [1.807, 2.05) is 36.4 Å². The maximum atomic E-state index is 14.0.